The standard InChI is InChI=1S/C13H24O5/c1-8(2)10(18-12(15)16)13(5,6)7-17-11(14)9(3)4/h8-10H,7H2,1-6H3,(H,15,16). The molecule has 0 spiro atoms. The first-order chi connectivity index (χ1) is 8.08. The molecule has 0 aromatic carbocycles. The maximum absolute atomic E-state index is 11.4. The van der Waals surface area contributed by atoms with Crippen LogP contribution >= 0.6 is 0 Å². The fourth-order valence-corrected chi connectivity index (χ4v) is 1.81. The summed E-state index contributed by atoms with van der Waals surface area (Å²) in [6.45, 7) is 11.0. The van der Waals surface area contributed by atoms with E-state index in [-0.39, 0.29) is 24.4 Å². The van der Waals surface area contributed by atoms with Crippen LogP contribution in [0.4, 0.5) is 4.79 Å². The summed E-state index contributed by atoms with van der Waals surface area (Å²) >= 11 is 0. The van der Waals surface area contributed by atoms with Crippen LogP contribution in [-0.4, -0.2) is 29.9 Å². The van der Waals surface area contributed by atoms with Crippen molar-refractivity contribution < 1.29 is 24.2 Å². The van der Waals surface area contributed by atoms with E-state index in [1.807, 2.05) is 27.7 Å². The van der Waals surface area contributed by atoms with Gasteiger partial charge in [-0.1, -0.05) is 41.5 Å². The molecule has 0 bridgehead atoms. The van der Waals surface area contributed by atoms with E-state index in [4.69, 9.17) is 14.6 Å². The zero-order chi connectivity index (χ0) is 14.5. The van der Waals surface area contributed by atoms with Gasteiger partial charge in [-0.2, -0.15) is 0 Å². The SMILES string of the molecule is CC(C)C(=O)OCC(C)(C)C(OC(=O)O)C(C)C. The highest BCUT2D eigenvalue weighted by atomic mass is 16.7. The highest BCUT2D eigenvalue weighted by Gasteiger charge is 2.36. The van der Waals surface area contributed by atoms with E-state index < -0.39 is 17.7 Å². The quantitative estimate of drug-likeness (QED) is 0.743. The largest absolute Gasteiger partial charge is 0.506 e. The Balaban J connectivity index is 4.64. The van der Waals surface area contributed by atoms with Crippen LogP contribution in [0.15, 0.2) is 0 Å². The minimum absolute atomic E-state index is 0.00820. The molecule has 0 heterocycles. The third kappa shape index (κ3) is 5.38. The monoisotopic (exact) mass is 260 g/mol. The molecule has 0 fully saturated rings. The van der Waals surface area contributed by atoms with Crippen LogP contribution in [0, 0.1) is 17.3 Å². The molecule has 5 nitrogen and oxygen atoms in total. The van der Waals surface area contributed by atoms with Gasteiger partial charge in [0, 0.05) is 5.41 Å². The van der Waals surface area contributed by atoms with E-state index in [2.05, 4.69) is 0 Å². The summed E-state index contributed by atoms with van der Waals surface area (Å²) in [4.78, 5) is 22.1. The molecule has 0 aliphatic carbocycles. The van der Waals surface area contributed by atoms with E-state index in [1.54, 1.807) is 13.8 Å². The molecule has 0 aliphatic rings. The van der Waals surface area contributed by atoms with Crippen LogP contribution < -0.4 is 0 Å². The van der Waals surface area contributed by atoms with Gasteiger partial charge in [0.25, 0.3) is 0 Å². The second-order valence-electron chi connectivity index (χ2n) is 5.80. The Bertz CT molecular complexity index is 294. The first-order valence-corrected chi connectivity index (χ1v) is 6.14. The van der Waals surface area contributed by atoms with Gasteiger partial charge in [0.2, 0.25) is 0 Å². The van der Waals surface area contributed by atoms with E-state index in [1.165, 1.54) is 0 Å². The number of carboxylic acid groups (broad SMARTS) is 1. The molecular formula is C13H24O5. The summed E-state index contributed by atoms with van der Waals surface area (Å²) in [5.41, 5.74) is -0.558. The summed E-state index contributed by atoms with van der Waals surface area (Å²) in [6.07, 6.45) is -1.83. The van der Waals surface area contributed by atoms with E-state index in [0.29, 0.717) is 0 Å². The fraction of sp³-hybridized carbons (Fsp3) is 0.846. The summed E-state index contributed by atoms with van der Waals surface area (Å²) in [6, 6.07) is 0. The minimum atomic E-state index is -1.31. The van der Waals surface area contributed by atoms with Crippen LogP contribution in [-0.2, 0) is 14.3 Å². The van der Waals surface area contributed by atoms with Crippen LogP contribution in [0.3, 0.4) is 0 Å². The van der Waals surface area contributed by atoms with Gasteiger partial charge in [0.15, 0.2) is 0 Å². The summed E-state index contributed by atoms with van der Waals surface area (Å²) < 4.78 is 10.1. The summed E-state index contributed by atoms with van der Waals surface area (Å²) in [5, 5.41) is 8.73. The van der Waals surface area contributed by atoms with Crippen LogP contribution in [0.5, 0.6) is 0 Å². The molecule has 18 heavy (non-hydrogen) atoms. The Hall–Kier alpha value is -1.26. The maximum atomic E-state index is 11.4. The average Bonchev–Trinajstić information content (AvgIpc) is 2.21. The lowest BCUT2D eigenvalue weighted by atomic mass is 9.81. The van der Waals surface area contributed by atoms with Gasteiger partial charge in [-0.25, -0.2) is 4.79 Å². The van der Waals surface area contributed by atoms with Crippen molar-refractivity contribution in [1.29, 1.82) is 0 Å². The number of ether oxygens (including phenoxy) is 2. The smallest absolute Gasteiger partial charge is 0.465 e. The third-order valence-electron chi connectivity index (χ3n) is 2.66. The van der Waals surface area contributed by atoms with Gasteiger partial charge in [-0.05, 0) is 5.92 Å². The van der Waals surface area contributed by atoms with Crippen LogP contribution in [0.25, 0.3) is 0 Å². The molecule has 0 radical (unpaired) electrons. The number of hydrogen-bond acceptors (Lipinski definition) is 4. The Kier molecular flexibility index (Phi) is 6.15. The molecule has 1 unspecified atom stereocenters. The second kappa shape index (κ2) is 6.61. The third-order valence-corrected chi connectivity index (χ3v) is 2.66. The Morgan fingerprint density at radius 2 is 1.67 bits per heavy atom. The van der Waals surface area contributed by atoms with Crippen LogP contribution in [0.1, 0.15) is 41.5 Å². The van der Waals surface area contributed by atoms with Gasteiger partial charge >= 0.3 is 12.1 Å². The van der Waals surface area contributed by atoms with E-state index in [0.717, 1.165) is 0 Å². The molecule has 0 aromatic rings. The van der Waals surface area contributed by atoms with Gasteiger partial charge in [-0.3, -0.25) is 4.79 Å². The zero-order valence-corrected chi connectivity index (χ0v) is 12.0. The Morgan fingerprint density at radius 3 is 2.00 bits per heavy atom. The Morgan fingerprint density at radius 1 is 1.17 bits per heavy atom. The van der Waals surface area contributed by atoms with Crippen molar-refractivity contribution in [2.45, 2.75) is 47.6 Å². The lowest BCUT2D eigenvalue weighted by Crippen LogP contribution is -2.41. The molecule has 0 rings (SSSR count). The first-order valence-electron chi connectivity index (χ1n) is 6.14. The predicted octanol–water partition coefficient (Wildman–Crippen LogP) is 2.93. The lowest BCUT2D eigenvalue weighted by Gasteiger charge is -2.35. The van der Waals surface area contributed by atoms with Crippen molar-refractivity contribution in [3.8, 4) is 0 Å². The number of carbonyl (C=O) groups excluding carboxylic acids is 1. The van der Waals surface area contributed by atoms with Gasteiger partial charge in [0.1, 0.15) is 6.10 Å². The van der Waals surface area contributed by atoms with E-state index >= 15 is 0 Å². The van der Waals surface area contributed by atoms with Gasteiger partial charge in [-0.15, -0.1) is 0 Å². The van der Waals surface area contributed by atoms with Crippen molar-refractivity contribution >= 4 is 12.1 Å². The van der Waals surface area contributed by atoms with Crippen molar-refractivity contribution in [3.05, 3.63) is 0 Å². The van der Waals surface area contributed by atoms with Gasteiger partial charge < -0.3 is 14.6 Å². The van der Waals surface area contributed by atoms with Gasteiger partial charge in [0.05, 0.1) is 12.5 Å². The highest BCUT2D eigenvalue weighted by molar-refractivity contribution is 5.71. The molecule has 1 N–H and O–H groups in total. The zero-order valence-electron chi connectivity index (χ0n) is 12.0. The molecule has 0 amide bonds. The summed E-state index contributed by atoms with van der Waals surface area (Å²) in [5.74, 6) is -0.478. The topological polar surface area (TPSA) is 72.8 Å². The van der Waals surface area contributed by atoms with Crippen molar-refractivity contribution in [3.63, 3.8) is 0 Å². The van der Waals surface area contributed by atoms with Crippen LogP contribution in [0.2, 0.25) is 0 Å². The molecule has 0 aromatic heterocycles. The molecule has 1 atom stereocenters. The molecule has 0 aliphatic heterocycles. The maximum Gasteiger partial charge on any atom is 0.506 e. The highest BCUT2D eigenvalue weighted by Crippen LogP contribution is 2.29. The predicted molar refractivity (Wildman–Crippen MR) is 67.3 cm³/mol. The number of carbonyl (C=O) groups is 2. The van der Waals surface area contributed by atoms with E-state index in [9.17, 15) is 9.59 Å². The number of hydrogen-bond donors (Lipinski definition) is 1. The van der Waals surface area contributed by atoms with Crippen molar-refractivity contribution in [2.24, 2.45) is 17.3 Å². The first kappa shape index (κ1) is 16.7. The number of esters is 1. The summed E-state index contributed by atoms with van der Waals surface area (Å²) in [7, 11) is 0. The normalized spacial score (nSPS) is 13.6. The number of rotatable bonds is 6. The van der Waals surface area contributed by atoms with Crippen molar-refractivity contribution in [1.82, 2.24) is 0 Å². The fourth-order valence-electron chi connectivity index (χ4n) is 1.81. The van der Waals surface area contributed by atoms with Crippen molar-refractivity contribution in [2.75, 3.05) is 6.61 Å². The average molecular weight is 260 g/mol. The molecule has 5 heteroatoms. The molecule has 0 saturated heterocycles. The minimum Gasteiger partial charge on any atom is -0.465 e. The molecule has 106 valence electrons. The Labute approximate surface area is 108 Å². The lowest BCUT2D eigenvalue weighted by molar-refractivity contribution is -0.154. The molecular weight excluding hydrogens is 236 g/mol. The molecule has 0 saturated carbocycles. The second-order valence-corrected chi connectivity index (χ2v) is 5.80.